The third kappa shape index (κ3) is 4.65. The monoisotopic (exact) mass is 298 g/mol. The summed E-state index contributed by atoms with van der Waals surface area (Å²) in [5.74, 6) is -1.06. The zero-order valence-corrected chi connectivity index (χ0v) is 12.5. The van der Waals surface area contributed by atoms with Crippen molar-refractivity contribution in [3.63, 3.8) is 0 Å². The van der Waals surface area contributed by atoms with Gasteiger partial charge in [0, 0.05) is 13.0 Å². The number of methoxy groups -OCH3 is 1. The molecule has 0 atom stereocenters. The van der Waals surface area contributed by atoms with Crippen molar-refractivity contribution in [3.8, 4) is 0 Å². The Morgan fingerprint density at radius 1 is 1.35 bits per heavy atom. The van der Waals surface area contributed by atoms with E-state index in [1.165, 1.54) is 18.4 Å². The van der Waals surface area contributed by atoms with Crippen molar-refractivity contribution in [2.45, 2.75) is 25.8 Å². The number of nitrogens with one attached hydrogen (secondary N) is 2. The zero-order valence-electron chi connectivity index (χ0n) is 11.7. The lowest BCUT2D eigenvalue weighted by Crippen LogP contribution is -2.50. The lowest BCUT2D eigenvalue weighted by Gasteiger charge is -2.23. The van der Waals surface area contributed by atoms with E-state index in [-0.39, 0.29) is 24.8 Å². The standard InChI is InChI=1S/C13H18N2O4S/c1-13(2,12(18)19-3)15-10(16)6-7-14-11(17)9-5-4-8-20-9/h4-5,8H,6-7H2,1-3H3,(H,14,17)(H,15,16). The molecule has 1 aromatic rings. The molecule has 0 bridgehead atoms. The topological polar surface area (TPSA) is 84.5 Å². The number of hydrogen-bond acceptors (Lipinski definition) is 5. The fourth-order valence-electron chi connectivity index (χ4n) is 1.50. The molecule has 0 unspecified atom stereocenters. The van der Waals surface area contributed by atoms with Crippen LogP contribution in [0.15, 0.2) is 17.5 Å². The van der Waals surface area contributed by atoms with Crippen LogP contribution in [-0.4, -0.2) is 37.0 Å². The average molecular weight is 298 g/mol. The number of hydrogen-bond donors (Lipinski definition) is 2. The molecule has 0 aliphatic heterocycles. The second-order valence-electron chi connectivity index (χ2n) is 4.65. The molecule has 6 nitrogen and oxygen atoms in total. The Balaban J connectivity index is 2.34. The smallest absolute Gasteiger partial charge is 0.330 e. The fraction of sp³-hybridized carbons (Fsp3) is 0.462. The number of amides is 2. The van der Waals surface area contributed by atoms with Gasteiger partial charge in [-0.2, -0.15) is 0 Å². The number of rotatable bonds is 6. The minimum Gasteiger partial charge on any atom is -0.467 e. The average Bonchev–Trinajstić information content (AvgIpc) is 2.90. The molecule has 0 aromatic carbocycles. The van der Waals surface area contributed by atoms with Crippen molar-refractivity contribution < 1.29 is 19.1 Å². The van der Waals surface area contributed by atoms with E-state index >= 15 is 0 Å². The summed E-state index contributed by atoms with van der Waals surface area (Å²) in [5, 5.41) is 7.00. The molecule has 2 amide bonds. The summed E-state index contributed by atoms with van der Waals surface area (Å²) in [5.41, 5.74) is -1.08. The summed E-state index contributed by atoms with van der Waals surface area (Å²) in [6, 6.07) is 3.49. The molecule has 0 radical (unpaired) electrons. The van der Waals surface area contributed by atoms with Gasteiger partial charge in [0.25, 0.3) is 5.91 Å². The van der Waals surface area contributed by atoms with Crippen LogP contribution in [0, 0.1) is 0 Å². The summed E-state index contributed by atoms with van der Waals surface area (Å²) >= 11 is 1.33. The SMILES string of the molecule is COC(=O)C(C)(C)NC(=O)CCNC(=O)c1cccs1. The van der Waals surface area contributed by atoms with Crippen molar-refractivity contribution in [2.75, 3.05) is 13.7 Å². The maximum absolute atomic E-state index is 11.7. The van der Waals surface area contributed by atoms with E-state index in [0.29, 0.717) is 4.88 Å². The van der Waals surface area contributed by atoms with Crippen LogP contribution >= 0.6 is 11.3 Å². The molecule has 1 heterocycles. The first-order valence-electron chi connectivity index (χ1n) is 6.08. The van der Waals surface area contributed by atoms with Crippen LogP contribution in [0.5, 0.6) is 0 Å². The van der Waals surface area contributed by atoms with E-state index in [1.54, 1.807) is 31.4 Å². The van der Waals surface area contributed by atoms with Gasteiger partial charge in [0.1, 0.15) is 5.54 Å². The van der Waals surface area contributed by atoms with Crippen LogP contribution in [0.3, 0.4) is 0 Å². The van der Waals surface area contributed by atoms with Gasteiger partial charge in [-0.15, -0.1) is 11.3 Å². The van der Waals surface area contributed by atoms with Crippen LogP contribution in [0.2, 0.25) is 0 Å². The predicted octanol–water partition coefficient (Wildman–Crippen LogP) is 0.936. The minimum absolute atomic E-state index is 0.0948. The first-order valence-corrected chi connectivity index (χ1v) is 6.96. The summed E-state index contributed by atoms with van der Waals surface area (Å²) in [6.45, 7) is 3.32. The van der Waals surface area contributed by atoms with Gasteiger partial charge in [0.2, 0.25) is 5.91 Å². The van der Waals surface area contributed by atoms with Crippen LogP contribution in [-0.2, 0) is 14.3 Å². The third-order valence-corrected chi connectivity index (χ3v) is 3.40. The zero-order chi connectivity index (χ0) is 15.2. The Morgan fingerprint density at radius 3 is 2.60 bits per heavy atom. The quantitative estimate of drug-likeness (QED) is 0.765. The molecule has 1 rings (SSSR count). The molecule has 0 saturated carbocycles. The van der Waals surface area contributed by atoms with E-state index in [4.69, 9.17) is 0 Å². The van der Waals surface area contributed by atoms with E-state index in [0.717, 1.165) is 0 Å². The lowest BCUT2D eigenvalue weighted by molar-refractivity contribution is -0.149. The summed E-state index contributed by atoms with van der Waals surface area (Å²) in [7, 11) is 1.26. The highest BCUT2D eigenvalue weighted by atomic mass is 32.1. The highest BCUT2D eigenvalue weighted by Crippen LogP contribution is 2.08. The van der Waals surface area contributed by atoms with Crippen molar-refractivity contribution >= 4 is 29.1 Å². The molecule has 110 valence electrons. The third-order valence-electron chi connectivity index (χ3n) is 2.53. The number of carbonyl (C=O) groups is 3. The Labute approximate surface area is 121 Å². The fourth-order valence-corrected chi connectivity index (χ4v) is 2.14. The predicted molar refractivity (Wildman–Crippen MR) is 75.5 cm³/mol. The van der Waals surface area contributed by atoms with Gasteiger partial charge in [-0.1, -0.05) is 6.07 Å². The maximum Gasteiger partial charge on any atom is 0.330 e. The van der Waals surface area contributed by atoms with Crippen molar-refractivity contribution in [2.24, 2.45) is 0 Å². The Morgan fingerprint density at radius 2 is 2.05 bits per heavy atom. The molecule has 2 N–H and O–H groups in total. The summed E-state index contributed by atoms with van der Waals surface area (Å²) in [4.78, 5) is 35.3. The van der Waals surface area contributed by atoms with Gasteiger partial charge in [-0.05, 0) is 25.3 Å². The Bertz CT molecular complexity index is 483. The Hall–Kier alpha value is -1.89. The molecule has 1 aromatic heterocycles. The molecular formula is C13H18N2O4S. The molecule has 0 saturated heterocycles. The van der Waals surface area contributed by atoms with Crippen molar-refractivity contribution in [1.29, 1.82) is 0 Å². The number of esters is 1. The molecule has 20 heavy (non-hydrogen) atoms. The highest BCUT2D eigenvalue weighted by Gasteiger charge is 2.30. The van der Waals surface area contributed by atoms with Gasteiger partial charge in [-0.3, -0.25) is 9.59 Å². The van der Waals surface area contributed by atoms with Crippen LogP contribution in [0.1, 0.15) is 29.9 Å². The van der Waals surface area contributed by atoms with Gasteiger partial charge in [0.15, 0.2) is 0 Å². The number of thiophene rings is 1. The van der Waals surface area contributed by atoms with E-state index < -0.39 is 11.5 Å². The molecular weight excluding hydrogens is 280 g/mol. The molecule has 0 fully saturated rings. The number of ether oxygens (including phenoxy) is 1. The van der Waals surface area contributed by atoms with Crippen molar-refractivity contribution in [3.05, 3.63) is 22.4 Å². The van der Waals surface area contributed by atoms with Gasteiger partial charge in [-0.25, -0.2) is 4.79 Å². The second-order valence-corrected chi connectivity index (χ2v) is 5.60. The molecule has 0 aliphatic rings. The second kappa shape index (κ2) is 7.04. The Kier molecular flexibility index (Phi) is 5.69. The minimum atomic E-state index is -1.08. The van der Waals surface area contributed by atoms with Gasteiger partial charge < -0.3 is 15.4 Å². The largest absolute Gasteiger partial charge is 0.467 e. The lowest BCUT2D eigenvalue weighted by atomic mass is 10.1. The summed E-state index contributed by atoms with van der Waals surface area (Å²) in [6.07, 6.45) is 0.0948. The molecule has 7 heteroatoms. The van der Waals surface area contributed by atoms with Crippen LogP contribution in [0.25, 0.3) is 0 Å². The normalized spacial score (nSPS) is 10.8. The van der Waals surface area contributed by atoms with E-state index in [9.17, 15) is 14.4 Å². The maximum atomic E-state index is 11.7. The van der Waals surface area contributed by atoms with E-state index in [1.807, 2.05) is 0 Å². The van der Waals surface area contributed by atoms with Gasteiger partial charge in [0.05, 0.1) is 12.0 Å². The van der Waals surface area contributed by atoms with Crippen LogP contribution in [0.4, 0.5) is 0 Å². The highest BCUT2D eigenvalue weighted by molar-refractivity contribution is 7.12. The van der Waals surface area contributed by atoms with Crippen LogP contribution < -0.4 is 10.6 Å². The molecule has 0 spiro atoms. The number of carbonyl (C=O) groups excluding carboxylic acids is 3. The van der Waals surface area contributed by atoms with E-state index in [2.05, 4.69) is 15.4 Å². The van der Waals surface area contributed by atoms with Crippen molar-refractivity contribution in [1.82, 2.24) is 10.6 Å². The molecule has 0 aliphatic carbocycles. The first kappa shape index (κ1) is 16.2. The first-order chi connectivity index (χ1) is 9.36. The van der Waals surface area contributed by atoms with Gasteiger partial charge >= 0.3 is 5.97 Å². The summed E-state index contributed by atoms with van der Waals surface area (Å²) < 4.78 is 4.59.